The molecule has 160 valence electrons. The van der Waals surface area contributed by atoms with Crippen molar-refractivity contribution >= 4 is 45.1 Å². The summed E-state index contributed by atoms with van der Waals surface area (Å²) in [6.45, 7) is 1.62. The van der Waals surface area contributed by atoms with Gasteiger partial charge in [-0.25, -0.2) is 4.98 Å². The summed E-state index contributed by atoms with van der Waals surface area (Å²) in [5, 5.41) is 37.1. The molecule has 1 atom stereocenters. The number of nitro benzene ring substituents is 2. The Morgan fingerprint density at radius 3 is 2.47 bits per heavy atom. The Morgan fingerprint density at radius 2 is 1.75 bits per heavy atom. The van der Waals surface area contributed by atoms with E-state index in [1.165, 1.54) is 36.4 Å². The van der Waals surface area contributed by atoms with Crippen LogP contribution in [-0.2, 0) is 4.79 Å². The van der Waals surface area contributed by atoms with Crippen molar-refractivity contribution in [1.82, 2.24) is 4.98 Å². The first-order valence-electron chi connectivity index (χ1n) is 9.08. The highest BCUT2D eigenvalue weighted by Crippen LogP contribution is 2.32. The lowest BCUT2D eigenvalue weighted by Gasteiger charge is -2.08. The maximum atomic E-state index is 12.8. The van der Waals surface area contributed by atoms with E-state index in [9.17, 15) is 25.0 Å². The quantitative estimate of drug-likeness (QED) is 0.305. The third-order valence-electron chi connectivity index (χ3n) is 4.45. The Hall–Kier alpha value is -4.39. The third-order valence-corrected chi connectivity index (χ3v) is 5.27. The minimum absolute atomic E-state index is 0.0650. The highest BCUT2D eigenvalue weighted by atomic mass is 32.1. The first kappa shape index (κ1) is 20.9. The average Bonchev–Trinajstić information content (AvgIpc) is 3.37. The summed E-state index contributed by atoms with van der Waals surface area (Å²) in [6.07, 6.45) is 0. The average molecular weight is 451 g/mol. The smallest absolute Gasteiger partial charge is 0.269 e. The minimum atomic E-state index is -0.987. The van der Waals surface area contributed by atoms with Crippen LogP contribution in [0.2, 0.25) is 0 Å². The van der Waals surface area contributed by atoms with Gasteiger partial charge >= 0.3 is 0 Å². The van der Waals surface area contributed by atoms with Gasteiger partial charge in [0.2, 0.25) is 5.13 Å². The summed E-state index contributed by atoms with van der Waals surface area (Å²) >= 11 is 1.15. The molecule has 1 aliphatic rings. The summed E-state index contributed by atoms with van der Waals surface area (Å²) in [6, 6.07) is 10.6. The number of thiazole rings is 1. The van der Waals surface area contributed by atoms with Gasteiger partial charge in [-0.2, -0.15) is 20.3 Å². The second-order valence-corrected chi connectivity index (χ2v) is 7.45. The number of amides is 1. The molecule has 13 heteroatoms. The first-order valence-corrected chi connectivity index (χ1v) is 9.96. The van der Waals surface area contributed by atoms with Crippen molar-refractivity contribution in [2.75, 3.05) is 5.01 Å². The van der Waals surface area contributed by atoms with Gasteiger partial charge in [0.1, 0.15) is 0 Å². The zero-order valence-corrected chi connectivity index (χ0v) is 17.2. The minimum Gasteiger partial charge on any atom is -0.269 e. The molecule has 0 aliphatic carbocycles. The van der Waals surface area contributed by atoms with E-state index in [-0.39, 0.29) is 22.2 Å². The summed E-state index contributed by atoms with van der Waals surface area (Å²) in [4.78, 5) is 38.0. The number of hydrogen-bond acceptors (Lipinski definition) is 10. The number of non-ortho nitro benzene ring substituents is 2. The van der Waals surface area contributed by atoms with Crippen LogP contribution in [0.3, 0.4) is 0 Å². The summed E-state index contributed by atoms with van der Waals surface area (Å²) in [7, 11) is 0. The topological polar surface area (TPSA) is 157 Å². The maximum Gasteiger partial charge on any atom is 0.282 e. The lowest BCUT2D eigenvalue weighted by molar-refractivity contribution is -0.385. The predicted molar refractivity (Wildman–Crippen MR) is 116 cm³/mol. The lowest BCUT2D eigenvalue weighted by Crippen LogP contribution is -2.29. The van der Waals surface area contributed by atoms with E-state index in [0.29, 0.717) is 17.0 Å². The molecule has 32 heavy (non-hydrogen) atoms. The first-order chi connectivity index (χ1) is 15.3. The van der Waals surface area contributed by atoms with E-state index >= 15 is 0 Å². The highest BCUT2D eigenvalue weighted by Gasteiger charge is 2.36. The highest BCUT2D eigenvalue weighted by molar-refractivity contribution is 7.14. The molecule has 0 saturated carbocycles. The van der Waals surface area contributed by atoms with Crippen LogP contribution in [0.4, 0.5) is 22.2 Å². The Morgan fingerprint density at radius 1 is 1.06 bits per heavy atom. The van der Waals surface area contributed by atoms with E-state index in [2.05, 4.69) is 20.3 Å². The van der Waals surface area contributed by atoms with Crippen LogP contribution >= 0.6 is 11.3 Å². The largest absolute Gasteiger partial charge is 0.282 e. The fourth-order valence-electron chi connectivity index (χ4n) is 2.89. The van der Waals surface area contributed by atoms with E-state index < -0.39 is 21.8 Å². The number of rotatable bonds is 6. The summed E-state index contributed by atoms with van der Waals surface area (Å²) < 4.78 is 0. The molecule has 0 radical (unpaired) electrons. The number of azo groups is 1. The Balaban J connectivity index is 1.54. The monoisotopic (exact) mass is 451 g/mol. The number of hydrogen-bond donors (Lipinski definition) is 0. The van der Waals surface area contributed by atoms with Crippen molar-refractivity contribution in [3.05, 3.63) is 74.1 Å². The van der Waals surface area contributed by atoms with Gasteiger partial charge in [0.05, 0.1) is 26.9 Å². The zero-order chi connectivity index (χ0) is 22.8. The normalized spacial score (nSPS) is 15.9. The fraction of sp³-hybridized carbons (Fsp3) is 0.105. The van der Waals surface area contributed by atoms with Crippen LogP contribution in [0, 0.1) is 20.2 Å². The van der Waals surface area contributed by atoms with Gasteiger partial charge in [0, 0.05) is 35.2 Å². The van der Waals surface area contributed by atoms with Gasteiger partial charge in [-0.3, -0.25) is 25.0 Å². The van der Waals surface area contributed by atoms with Gasteiger partial charge in [0.15, 0.2) is 6.04 Å². The van der Waals surface area contributed by atoms with E-state index in [0.717, 1.165) is 16.3 Å². The number of carbonyl (C=O) groups excluding carboxylic acids is 1. The summed E-state index contributed by atoms with van der Waals surface area (Å²) in [5.41, 5.74) is 1.43. The van der Waals surface area contributed by atoms with Crippen LogP contribution in [0.1, 0.15) is 6.92 Å². The number of carbonyl (C=O) groups is 1. The Bertz CT molecular complexity index is 1300. The second-order valence-electron chi connectivity index (χ2n) is 6.61. The van der Waals surface area contributed by atoms with Crippen LogP contribution < -0.4 is 5.01 Å². The number of anilines is 1. The van der Waals surface area contributed by atoms with Crippen LogP contribution in [0.25, 0.3) is 11.3 Å². The molecule has 1 aromatic heterocycles. The van der Waals surface area contributed by atoms with Gasteiger partial charge in [-0.1, -0.05) is 18.2 Å². The molecule has 0 saturated heterocycles. The number of benzene rings is 2. The van der Waals surface area contributed by atoms with Gasteiger partial charge in [-0.15, -0.1) is 11.3 Å². The lowest BCUT2D eigenvalue weighted by atomic mass is 10.1. The molecule has 2 heterocycles. The van der Waals surface area contributed by atoms with Crippen LogP contribution in [0.5, 0.6) is 0 Å². The molecular formula is C19H13N7O5S. The molecule has 1 amide bonds. The SMILES string of the molecule is CC1=NN(c2nc(-c3cccc([N+](=O)[O-])c3)cs2)C(=O)C1N=Nc1cccc([N+](=O)[O-])c1. The van der Waals surface area contributed by atoms with Crippen LogP contribution in [0.15, 0.2) is 69.2 Å². The molecule has 4 rings (SSSR count). The van der Waals surface area contributed by atoms with Crippen LogP contribution in [-0.4, -0.2) is 32.5 Å². The molecule has 0 fully saturated rings. The molecular weight excluding hydrogens is 438 g/mol. The molecule has 2 aromatic carbocycles. The van der Waals surface area contributed by atoms with Crippen molar-refractivity contribution < 1.29 is 14.6 Å². The Labute approximate surface area is 183 Å². The van der Waals surface area contributed by atoms with Crippen molar-refractivity contribution in [2.45, 2.75) is 13.0 Å². The number of hydrazone groups is 1. The molecule has 0 N–H and O–H groups in total. The molecule has 0 bridgehead atoms. The maximum absolute atomic E-state index is 12.8. The van der Waals surface area contributed by atoms with Crippen molar-refractivity contribution in [3.8, 4) is 11.3 Å². The number of nitro groups is 2. The van der Waals surface area contributed by atoms with Crippen molar-refractivity contribution in [3.63, 3.8) is 0 Å². The van der Waals surface area contributed by atoms with Gasteiger partial charge in [0.25, 0.3) is 17.3 Å². The van der Waals surface area contributed by atoms with E-state index in [4.69, 9.17) is 0 Å². The standard InChI is InChI=1S/C19H13N7O5S/c1-11-17(22-21-13-5-3-7-15(9-13)26(30)31)18(27)24(23-11)19-20-16(10-32-19)12-4-2-6-14(8-12)25(28)29/h2-10,17H,1H3. The van der Waals surface area contributed by atoms with Gasteiger partial charge in [-0.05, 0) is 13.0 Å². The molecule has 3 aromatic rings. The molecule has 1 unspecified atom stereocenters. The van der Waals surface area contributed by atoms with E-state index in [1.54, 1.807) is 24.4 Å². The van der Waals surface area contributed by atoms with Crippen molar-refractivity contribution in [1.29, 1.82) is 0 Å². The number of aromatic nitrogens is 1. The third kappa shape index (κ3) is 4.09. The summed E-state index contributed by atoms with van der Waals surface area (Å²) in [5.74, 6) is -0.475. The Kier molecular flexibility index (Phi) is 5.47. The molecule has 0 spiro atoms. The molecule has 12 nitrogen and oxygen atoms in total. The number of nitrogens with zero attached hydrogens (tertiary/aromatic N) is 7. The molecule has 1 aliphatic heterocycles. The fourth-order valence-corrected chi connectivity index (χ4v) is 3.68. The zero-order valence-electron chi connectivity index (χ0n) is 16.4. The second kappa shape index (κ2) is 8.39. The van der Waals surface area contributed by atoms with E-state index in [1.807, 2.05) is 0 Å². The van der Waals surface area contributed by atoms with Gasteiger partial charge < -0.3 is 0 Å². The predicted octanol–water partition coefficient (Wildman–Crippen LogP) is 4.50. The van der Waals surface area contributed by atoms with Crippen molar-refractivity contribution in [2.24, 2.45) is 15.3 Å².